The number of nitrogens with zero attached hydrogens (tertiary/aromatic N) is 1. The van der Waals surface area contributed by atoms with E-state index in [2.05, 4.69) is 5.32 Å². The summed E-state index contributed by atoms with van der Waals surface area (Å²) in [4.78, 5) is 25.6. The number of hydrogen-bond donors (Lipinski definition) is 1. The second-order valence-electron chi connectivity index (χ2n) is 9.32. The van der Waals surface area contributed by atoms with Crippen LogP contribution in [0.1, 0.15) is 30.0 Å². The summed E-state index contributed by atoms with van der Waals surface area (Å²) in [6, 6.07) is 29.0. The second-order valence-corrected chi connectivity index (χ2v) is 9.32. The molecule has 36 heavy (non-hydrogen) atoms. The lowest BCUT2D eigenvalue weighted by atomic mass is 9.80. The zero-order valence-corrected chi connectivity index (χ0v) is 20.0. The summed E-state index contributed by atoms with van der Waals surface area (Å²) >= 11 is 0. The third-order valence-corrected chi connectivity index (χ3v) is 6.92. The molecule has 0 aliphatic carbocycles. The first-order valence-electron chi connectivity index (χ1n) is 12.2. The Kier molecular flexibility index (Phi) is 6.85. The molecule has 2 heterocycles. The summed E-state index contributed by atoms with van der Waals surface area (Å²) < 4.78 is 28.0. The number of rotatable bonds is 7. The molecule has 4 unspecified atom stereocenters. The summed E-state index contributed by atoms with van der Waals surface area (Å²) in [6.45, 7) is 1.89. The van der Waals surface area contributed by atoms with E-state index >= 15 is 4.39 Å². The van der Waals surface area contributed by atoms with Gasteiger partial charge in [-0.25, -0.2) is 9.18 Å². The molecule has 0 bridgehead atoms. The van der Waals surface area contributed by atoms with Gasteiger partial charge in [-0.1, -0.05) is 97.9 Å². The predicted octanol–water partition coefficient (Wildman–Crippen LogP) is 4.64. The second kappa shape index (κ2) is 10.2. The third kappa shape index (κ3) is 4.52. The van der Waals surface area contributed by atoms with Gasteiger partial charge in [-0.2, -0.15) is 0 Å². The summed E-state index contributed by atoms with van der Waals surface area (Å²) in [7, 11) is 0. The van der Waals surface area contributed by atoms with Crippen LogP contribution < -0.4 is 5.32 Å². The average Bonchev–Trinajstić information content (AvgIpc) is 3.28. The fourth-order valence-corrected chi connectivity index (χ4v) is 5.02. The van der Waals surface area contributed by atoms with E-state index in [1.807, 2.05) is 91.0 Å². The molecule has 3 amide bonds. The molecule has 0 aromatic heterocycles. The molecule has 0 spiro atoms. The van der Waals surface area contributed by atoms with Crippen molar-refractivity contribution in [1.82, 2.24) is 10.2 Å². The third-order valence-electron chi connectivity index (χ3n) is 6.92. The number of amides is 3. The van der Waals surface area contributed by atoms with Gasteiger partial charge >= 0.3 is 6.03 Å². The van der Waals surface area contributed by atoms with E-state index in [1.54, 1.807) is 6.92 Å². The molecule has 5 rings (SSSR count). The largest absolute Gasteiger partial charge is 0.358 e. The maximum Gasteiger partial charge on any atom is 0.326 e. The predicted molar refractivity (Wildman–Crippen MR) is 133 cm³/mol. The minimum absolute atomic E-state index is 0.0252. The Bertz CT molecular complexity index is 1100. The normalized spacial score (nSPS) is 24.6. The van der Waals surface area contributed by atoms with Crippen LogP contribution in [0.5, 0.6) is 0 Å². The first kappa shape index (κ1) is 24.2. The number of hydrogen-bond acceptors (Lipinski definition) is 4. The maximum absolute atomic E-state index is 15.2. The quantitative estimate of drug-likeness (QED) is 0.492. The Hall–Kier alpha value is -3.55. The number of nitrogens with one attached hydrogen (secondary N) is 1. The van der Waals surface area contributed by atoms with E-state index in [4.69, 9.17) is 9.47 Å². The summed E-state index contributed by atoms with van der Waals surface area (Å²) in [5.41, 5.74) is 1.74. The molecule has 1 N–H and O–H groups in total. The van der Waals surface area contributed by atoms with Crippen LogP contribution in [0, 0.1) is 5.92 Å². The molecular weight excluding hydrogens is 459 g/mol. The molecule has 2 saturated heterocycles. The lowest BCUT2D eigenvalue weighted by molar-refractivity contribution is -0.130. The SMILES string of the molecule is CC1CN(C2CC(F)C(COC(c3ccccc3)(c3ccccc3)c3ccccc3)O2)C(=O)NC1=O. The summed E-state index contributed by atoms with van der Waals surface area (Å²) in [5, 5.41) is 2.32. The van der Waals surface area contributed by atoms with Crippen LogP contribution in [0.4, 0.5) is 9.18 Å². The highest BCUT2D eigenvalue weighted by Crippen LogP contribution is 2.41. The molecule has 186 valence electrons. The fourth-order valence-electron chi connectivity index (χ4n) is 5.02. The molecule has 0 saturated carbocycles. The standard InChI is InChI=1S/C29H29FN2O4/c1-20-18-32(28(34)31-27(20)33)26-17-24(30)25(36-26)19-35-29(21-11-5-2-6-12-21,22-13-7-3-8-14-22)23-15-9-4-10-16-23/h2-16,20,24-26H,17-19H2,1H3,(H,31,33,34). The molecule has 2 fully saturated rings. The molecule has 0 radical (unpaired) electrons. The Morgan fingerprint density at radius 1 is 0.917 bits per heavy atom. The fraction of sp³-hybridized carbons (Fsp3) is 0.310. The zero-order valence-electron chi connectivity index (χ0n) is 20.0. The molecular formula is C29H29FN2O4. The van der Waals surface area contributed by atoms with E-state index in [0.717, 1.165) is 16.7 Å². The number of urea groups is 1. The van der Waals surface area contributed by atoms with Crippen LogP contribution >= 0.6 is 0 Å². The Morgan fingerprint density at radius 3 is 1.92 bits per heavy atom. The topological polar surface area (TPSA) is 67.9 Å². The molecule has 3 aromatic rings. The average molecular weight is 489 g/mol. The number of ether oxygens (including phenoxy) is 2. The van der Waals surface area contributed by atoms with Crippen LogP contribution in [0.25, 0.3) is 0 Å². The van der Waals surface area contributed by atoms with Gasteiger partial charge in [0, 0.05) is 13.0 Å². The monoisotopic (exact) mass is 488 g/mol. The van der Waals surface area contributed by atoms with Gasteiger partial charge in [-0.05, 0) is 16.7 Å². The minimum atomic E-state index is -1.32. The van der Waals surface area contributed by atoms with Crippen molar-refractivity contribution in [2.24, 2.45) is 5.92 Å². The van der Waals surface area contributed by atoms with Crippen molar-refractivity contribution in [3.8, 4) is 0 Å². The smallest absolute Gasteiger partial charge is 0.326 e. The molecule has 2 aliphatic rings. The van der Waals surface area contributed by atoms with Crippen molar-refractivity contribution in [3.05, 3.63) is 108 Å². The van der Waals surface area contributed by atoms with Gasteiger partial charge < -0.3 is 9.47 Å². The van der Waals surface area contributed by atoms with Gasteiger partial charge in [0.1, 0.15) is 24.1 Å². The number of halogens is 1. The van der Waals surface area contributed by atoms with Gasteiger partial charge in [0.05, 0.1) is 12.5 Å². The molecule has 7 heteroatoms. The number of carbonyl (C=O) groups excluding carboxylic acids is 2. The van der Waals surface area contributed by atoms with Crippen molar-refractivity contribution in [1.29, 1.82) is 0 Å². The lowest BCUT2D eigenvalue weighted by Crippen LogP contribution is -2.57. The van der Waals surface area contributed by atoms with Crippen LogP contribution in [0.15, 0.2) is 91.0 Å². The molecule has 4 atom stereocenters. The van der Waals surface area contributed by atoms with Crippen LogP contribution in [-0.4, -0.2) is 48.5 Å². The first-order chi connectivity index (χ1) is 17.5. The van der Waals surface area contributed by atoms with Crippen molar-refractivity contribution in [2.75, 3.05) is 13.2 Å². The highest BCUT2D eigenvalue weighted by Gasteiger charge is 2.45. The van der Waals surface area contributed by atoms with Crippen molar-refractivity contribution in [3.63, 3.8) is 0 Å². The molecule has 3 aromatic carbocycles. The number of imide groups is 1. The Morgan fingerprint density at radius 2 is 1.42 bits per heavy atom. The number of carbonyl (C=O) groups is 2. The Balaban J connectivity index is 1.44. The van der Waals surface area contributed by atoms with E-state index in [1.165, 1.54) is 4.90 Å². The first-order valence-corrected chi connectivity index (χ1v) is 12.2. The highest BCUT2D eigenvalue weighted by atomic mass is 19.1. The van der Waals surface area contributed by atoms with Crippen LogP contribution in [-0.2, 0) is 19.9 Å². The van der Waals surface area contributed by atoms with E-state index in [9.17, 15) is 9.59 Å². The van der Waals surface area contributed by atoms with Crippen molar-refractivity contribution in [2.45, 2.75) is 37.4 Å². The van der Waals surface area contributed by atoms with Gasteiger partial charge in [0.25, 0.3) is 0 Å². The lowest BCUT2D eigenvalue weighted by Gasteiger charge is -2.37. The van der Waals surface area contributed by atoms with Crippen LogP contribution in [0.3, 0.4) is 0 Å². The number of alkyl halides is 1. The summed E-state index contributed by atoms with van der Waals surface area (Å²) in [6.07, 6.45) is -2.93. The van der Waals surface area contributed by atoms with Gasteiger partial charge in [-0.15, -0.1) is 0 Å². The number of benzene rings is 3. The summed E-state index contributed by atoms with van der Waals surface area (Å²) in [5.74, 6) is -0.717. The van der Waals surface area contributed by atoms with Crippen molar-refractivity contribution < 1.29 is 23.5 Å². The van der Waals surface area contributed by atoms with Crippen LogP contribution in [0.2, 0.25) is 0 Å². The van der Waals surface area contributed by atoms with Crippen molar-refractivity contribution >= 4 is 11.9 Å². The molecule has 6 nitrogen and oxygen atoms in total. The maximum atomic E-state index is 15.2. The van der Waals surface area contributed by atoms with Gasteiger partial charge in [0.15, 0.2) is 0 Å². The highest BCUT2D eigenvalue weighted by molar-refractivity contribution is 5.97. The molecule has 2 aliphatic heterocycles. The van der Waals surface area contributed by atoms with E-state index in [-0.39, 0.29) is 31.4 Å². The van der Waals surface area contributed by atoms with E-state index in [0.29, 0.717) is 0 Å². The minimum Gasteiger partial charge on any atom is -0.358 e. The van der Waals surface area contributed by atoms with E-state index < -0.39 is 30.1 Å². The van der Waals surface area contributed by atoms with Gasteiger partial charge in [0.2, 0.25) is 5.91 Å². The van der Waals surface area contributed by atoms with Gasteiger partial charge in [-0.3, -0.25) is 15.0 Å². The Labute approximate surface area is 210 Å². The zero-order chi connectivity index (χ0) is 25.1.